The normalized spacial score (nSPS) is 31.1. The number of amides is 1. The summed E-state index contributed by atoms with van der Waals surface area (Å²) in [6.45, 7) is 5.71. The Bertz CT molecular complexity index is 296. The molecule has 2 aliphatic rings. The van der Waals surface area contributed by atoms with E-state index in [0.717, 1.165) is 12.8 Å². The summed E-state index contributed by atoms with van der Waals surface area (Å²) in [7, 11) is 0. The van der Waals surface area contributed by atoms with E-state index in [0.29, 0.717) is 37.5 Å². The Labute approximate surface area is 103 Å². The average Bonchev–Trinajstić information content (AvgIpc) is 2.59. The van der Waals surface area contributed by atoms with Gasteiger partial charge >= 0.3 is 0 Å². The molecule has 4 heteroatoms. The quantitative estimate of drug-likeness (QED) is 0.762. The Morgan fingerprint density at radius 1 is 1.29 bits per heavy atom. The van der Waals surface area contributed by atoms with E-state index in [1.165, 1.54) is 6.42 Å². The summed E-state index contributed by atoms with van der Waals surface area (Å²) in [5.41, 5.74) is 5.81. The molecule has 1 amide bonds. The second-order valence-corrected chi connectivity index (χ2v) is 6.35. The minimum absolute atomic E-state index is 0.0171. The first kappa shape index (κ1) is 12.8. The molecule has 0 bridgehead atoms. The van der Waals surface area contributed by atoms with E-state index in [1.54, 1.807) is 0 Å². The van der Waals surface area contributed by atoms with E-state index in [-0.39, 0.29) is 5.91 Å². The highest BCUT2D eigenvalue weighted by Gasteiger charge is 2.39. The van der Waals surface area contributed by atoms with E-state index in [9.17, 15) is 4.79 Å². The van der Waals surface area contributed by atoms with Gasteiger partial charge in [0.2, 0.25) is 5.91 Å². The summed E-state index contributed by atoms with van der Waals surface area (Å²) in [6.07, 6.45) is 4.58. The number of carbonyl (C=O) groups excluding carboxylic acids is 1. The minimum Gasteiger partial charge on any atom is -0.381 e. The van der Waals surface area contributed by atoms with Crippen molar-refractivity contribution in [3.63, 3.8) is 0 Å². The molecule has 3 N–H and O–H groups in total. The Balaban J connectivity index is 1.88. The van der Waals surface area contributed by atoms with Crippen molar-refractivity contribution < 1.29 is 9.53 Å². The predicted octanol–water partition coefficient (Wildman–Crippen LogP) is 1.19. The molecule has 0 aromatic heterocycles. The third-order valence-corrected chi connectivity index (χ3v) is 4.14. The van der Waals surface area contributed by atoms with Gasteiger partial charge in [0.25, 0.3) is 0 Å². The molecule has 0 aromatic carbocycles. The summed E-state index contributed by atoms with van der Waals surface area (Å²) in [4.78, 5) is 12.2. The van der Waals surface area contributed by atoms with Crippen molar-refractivity contribution >= 4 is 5.91 Å². The van der Waals surface area contributed by atoms with E-state index in [2.05, 4.69) is 19.2 Å². The van der Waals surface area contributed by atoms with Gasteiger partial charge < -0.3 is 15.8 Å². The molecule has 1 aliphatic heterocycles. The number of ether oxygens (including phenoxy) is 1. The topological polar surface area (TPSA) is 64.4 Å². The Morgan fingerprint density at radius 2 is 1.94 bits per heavy atom. The monoisotopic (exact) mass is 240 g/mol. The second kappa shape index (κ2) is 4.58. The van der Waals surface area contributed by atoms with Crippen LogP contribution >= 0.6 is 0 Å². The van der Waals surface area contributed by atoms with Crippen LogP contribution in [0.2, 0.25) is 0 Å². The van der Waals surface area contributed by atoms with Crippen LogP contribution in [-0.2, 0) is 9.53 Å². The maximum absolute atomic E-state index is 12.2. The molecule has 2 fully saturated rings. The molecule has 4 nitrogen and oxygen atoms in total. The maximum Gasteiger partial charge on any atom is 0.240 e. The molecule has 1 saturated carbocycles. The predicted molar refractivity (Wildman–Crippen MR) is 66.5 cm³/mol. The smallest absolute Gasteiger partial charge is 0.240 e. The van der Waals surface area contributed by atoms with Gasteiger partial charge in [-0.2, -0.15) is 0 Å². The zero-order valence-corrected chi connectivity index (χ0v) is 10.9. The zero-order chi connectivity index (χ0) is 12.5. The molecule has 1 heterocycles. The molecule has 2 rings (SSSR count). The van der Waals surface area contributed by atoms with Crippen molar-refractivity contribution in [2.24, 2.45) is 11.1 Å². The van der Waals surface area contributed by atoms with Gasteiger partial charge in [0.05, 0.1) is 5.54 Å². The molecule has 0 radical (unpaired) electrons. The highest BCUT2D eigenvalue weighted by molar-refractivity contribution is 5.86. The number of nitrogens with two attached hydrogens (primary N) is 1. The van der Waals surface area contributed by atoms with Crippen molar-refractivity contribution in [1.29, 1.82) is 0 Å². The van der Waals surface area contributed by atoms with E-state index >= 15 is 0 Å². The third kappa shape index (κ3) is 2.99. The Morgan fingerprint density at radius 3 is 2.47 bits per heavy atom. The third-order valence-electron chi connectivity index (χ3n) is 4.14. The molecule has 17 heavy (non-hydrogen) atoms. The first-order valence-corrected chi connectivity index (χ1v) is 6.59. The van der Waals surface area contributed by atoms with Crippen LogP contribution in [0.25, 0.3) is 0 Å². The summed E-state index contributed by atoms with van der Waals surface area (Å²) in [5.74, 6) is 0.0171. The number of carbonyl (C=O) groups is 1. The summed E-state index contributed by atoms with van der Waals surface area (Å²) >= 11 is 0. The minimum atomic E-state index is -0.703. The lowest BCUT2D eigenvalue weighted by atomic mass is 9.89. The van der Waals surface area contributed by atoms with Crippen LogP contribution in [0.4, 0.5) is 0 Å². The van der Waals surface area contributed by atoms with Gasteiger partial charge in [0.15, 0.2) is 0 Å². The SMILES string of the molecule is CC1(C)CCC(NC(=O)C2(N)CCOCC2)C1. The number of rotatable bonds is 2. The summed E-state index contributed by atoms with van der Waals surface area (Å²) in [5, 5.41) is 3.13. The fourth-order valence-electron chi connectivity index (χ4n) is 2.85. The zero-order valence-electron chi connectivity index (χ0n) is 10.9. The summed E-state index contributed by atoms with van der Waals surface area (Å²) in [6, 6.07) is 0.306. The Hall–Kier alpha value is -0.610. The van der Waals surface area contributed by atoms with Gasteiger partial charge in [-0.3, -0.25) is 4.79 Å². The lowest BCUT2D eigenvalue weighted by molar-refractivity contribution is -0.130. The maximum atomic E-state index is 12.2. The van der Waals surface area contributed by atoms with Crippen LogP contribution in [0, 0.1) is 5.41 Å². The highest BCUT2D eigenvalue weighted by atomic mass is 16.5. The lowest BCUT2D eigenvalue weighted by Gasteiger charge is -2.33. The molecule has 1 atom stereocenters. The van der Waals surface area contributed by atoms with Gasteiger partial charge in [0, 0.05) is 19.3 Å². The van der Waals surface area contributed by atoms with Gasteiger partial charge in [0.1, 0.15) is 0 Å². The summed E-state index contributed by atoms with van der Waals surface area (Å²) < 4.78 is 5.26. The first-order chi connectivity index (χ1) is 7.91. The second-order valence-electron chi connectivity index (χ2n) is 6.35. The standard InChI is InChI=1S/C13H24N2O2/c1-12(2)4-3-10(9-12)15-11(16)13(14)5-7-17-8-6-13/h10H,3-9,14H2,1-2H3,(H,15,16). The Kier molecular flexibility index (Phi) is 3.46. The molecule has 0 spiro atoms. The van der Waals surface area contributed by atoms with Crippen LogP contribution < -0.4 is 11.1 Å². The number of nitrogens with one attached hydrogen (secondary N) is 1. The fraction of sp³-hybridized carbons (Fsp3) is 0.923. The molecule has 1 saturated heterocycles. The molecule has 98 valence electrons. The fourth-order valence-corrected chi connectivity index (χ4v) is 2.85. The first-order valence-electron chi connectivity index (χ1n) is 6.59. The molecule has 1 aliphatic carbocycles. The van der Waals surface area contributed by atoms with Crippen molar-refractivity contribution in [3.8, 4) is 0 Å². The molecular weight excluding hydrogens is 216 g/mol. The van der Waals surface area contributed by atoms with Crippen LogP contribution in [0.5, 0.6) is 0 Å². The van der Waals surface area contributed by atoms with Crippen LogP contribution in [0.1, 0.15) is 46.0 Å². The average molecular weight is 240 g/mol. The van der Waals surface area contributed by atoms with Crippen molar-refractivity contribution in [2.45, 2.75) is 57.5 Å². The van der Waals surface area contributed by atoms with Crippen LogP contribution in [0.3, 0.4) is 0 Å². The van der Waals surface area contributed by atoms with Crippen molar-refractivity contribution in [1.82, 2.24) is 5.32 Å². The van der Waals surface area contributed by atoms with Crippen LogP contribution in [0.15, 0.2) is 0 Å². The largest absolute Gasteiger partial charge is 0.381 e. The van der Waals surface area contributed by atoms with Gasteiger partial charge in [-0.05, 0) is 37.5 Å². The van der Waals surface area contributed by atoms with Crippen molar-refractivity contribution in [2.75, 3.05) is 13.2 Å². The van der Waals surface area contributed by atoms with Crippen LogP contribution in [-0.4, -0.2) is 30.7 Å². The van der Waals surface area contributed by atoms with Gasteiger partial charge in [-0.1, -0.05) is 13.8 Å². The lowest BCUT2D eigenvalue weighted by Crippen LogP contribution is -2.58. The van der Waals surface area contributed by atoms with E-state index < -0.39 is 5.54 Å². The number of hydrogen-bond donors (Lipinski definition) is 2. The highest BCUT2D eigenvalue weighted by Crippen LogP contribution is 2.37. The van der Waals surface area contributed by atoms with Gasteiger partial charge in [-0.15, -0.1) is 0 Å². The van der Waals surface area contributed by atoms with E-state index in [1.807, 2.05) is 0 Å². The van der Waals surface area contributed by atoms with Gasteiger partial charge in [-0.25, -0.2) is 0 Å². The van der Waals surface area contributed by atoms with Crippen molar-refractivity contribution in [3.05, 3.63) is 0 Å². The molecule has 0 aromatic rings. The molecular formula is C13H24N2O2. The van der Waals surface area contributed by atoms with E-state index in [4.69, 9.17) is 10.5 Å². The molecule has 1 unspecified atom stereocenters. The number of hydrogen-bond acceptors (Lipinski definition) is 3.